The number of nitriles is 1. The largest absolute Gasteiger partial charge is 0.274 e. The molecule has 0 bridgehead atoms. The second kappa shape index (κ2) is 5.99. The molecule has 1 aliphatic heterocycles. The Bertz CT molecular complexity index is 407. The maximum absolute atomic E-state index is 12.5. The Labute approximate surface area is 104 Å². The van der Waals surface area contributed by atoms with Crippen LogP contribution in [0.25, 0.3) is 0 Å². The van der Waals surface area contributed by atoms with Crippen molar-refractivity contribution in [3.63, 3.8) is 0 Å². The minimum Gasteiger partial charge on any atom is -0.234 e. The van der Waals surface area contributed by atoms with Crippen molar-refractivity contribution in [1.82, 2.24) is 4.31 Å². The second-order valence-electron chi connectivity index (χ2n) is 3.38. The summed E-state index contributed by atoms with van der Waals surface area (Å²) in [6, 6.07) is 8.95. The van der Waals surface area contributed by atoms with Crippen molar-refractivity contribution in [2.75, 3.05) is 13.1 Å². The van der Waals surface area contributed by atoms with Crippen molar-refractivity contribution in [3.05, 3.63) is 29.8 Å². The highest BCUT2D eigenvalue weighted by atomic mass is 32.2. The van der Waals surface area contributed by atoms with E-state index in [9.17, 15) is 8.78 Å². The lowest BCUT2D eigenvalue weighted by Gasteiger charge is -2.37. The lowest BCUT2D eigenvalue weighted by molar-refractivity contribution is -0.0905. The molecule has 1 aromatic carbocycles. The highest BCUT2D eigenvalue weighted by Gasteiger charge is 2.44. The van der Waals surface area contributed by atoms with Gasteiger partial charge in [0, 0.05) is 4.90 Å². The number of halogens is 2. The van der Waals surface area contributed by atoms with Gasteiger partial charge in [0.1, 0.15) is 0 Å². The number of benzene rings is 1. The number of alkyl halides is 2. The summed E-state index contributed by atoms with van der Waals surface area (Å²) in [6.07, 6.45) is 0. The fourth-order valence-corrected chi connectivity index (χ4v) is 2.43. The van der Waals surface area contributed by atoms with Crippen LogP contribution in [0, 0.1) is 11.3 Å². The van der Waals surface area contributed by atoms with Crippen LogP contribution in [-0.2, 0) is 0 Å². The molecule has 2 rings (SSSR count). The Morgan fingerprint density at radius 2 is 2.00 bits per heavy atom. The smallest absolute Gasteiger partial charge is 0.234 e. The predicted molar refractivity (Wildman–Crippen MR) is 64.9 cm³/mol. The fourth-order valence-electron chi connectivity index (χ4n) is 1.31. The summed E-state index contributed by atoms with van der Waals surface area (Å²) < 4.78 is 26.6. The first-order chi connectivity index (χ1) is 8.09. The van der Waals surface area contributed by atoms with E-state index in [2.05, 4.69) is 0 Å². The normalized spacial score (nSPS) is 17.4. The molecule has 1 heterocycles. The molecule has 2 nitrogen and oxygen atoms in total. The molecule has 0 atom stereocenters. The van der Waals surface area contributed by atoms with Gasteiger partial charge >= 0.3 is 0 Å². The number of rotatable bonds is 2. The zero-order chi connectivity index (χ0) is 12.9. The molecule has 5 heteroatoms. The summed E-state index contributed by atoms with van der Waals surface area (Å²) in [5.74, 6) is -2.54. The second-order valence-corrected chi connectivity index (χ2v) is 4.56. The number of hydrogen-bond donors (Lipinski definition) is 0. The van der Waals surface area contributed by atoms with E-state index in [1.54, 1.807) is 22.5 Å². The van der Waals surface area contributed by atoms with Crippen LogP contribution in [0.5, 0.6) is 0 Å². The zero-order valence-electron chi connectivity index (χ0n) is 9.78. The van der Waals surface area contributed by atoms with Gasteiger partial charge in [-0.2, -0.15) is 5.26 Å². The van der Waals surface area contributed by atoms with E-state index in [1.807, 2.05) is 26.0 Å². The lowest BCUT2D eigenvalue weighted by Crippen LogP contribution is -2.52. The minimum absolute atomic E-state index is 0.214. The van der Waals surface area contributed by atoms with Gasteiger partial charge in [-0.15, -0.1) is 0 Å². The van der Waals surface area contributed by atoms with Gasteiger partial charge in [0.15, 0.2) is 0 Å². The summed E-state index contributed by atoms with van der Waals surface area (Å²) in [5, 5.41) is 8.66. The molecular formula is C12H14F2N2S. The van der Waals surface area contributed by atoms with Gasteiger partial charge in [0.05, 0.1) is 24.7 Å². The molecule has 0 radical (unpaired) electrons. The van der Waals surface area contributed by atoms with Crippen molar-refractivity contribution in [3.8, 4) is 6.07 Å². The van der Waals surface area contributed by atoms with Crippen LogP contribution < -0.4 is 0 Å². The Morgan fingerprint density at radius 3 is 2.53 bits per heavy atom. The lowest BCUT2D eigenvalue weighted by atomic mass is 10.2. The van der Waals surface area contributed by atoms with Crippen LogP contribution in [0.3, 0.4) is 0 Å². The third kappa shape index (κ3) is 3.99. The Kier molecular flexibility index (Phi) is 4.91. The van der Waals surface area contributed by atoms with Crippen LogP contribution in [0.4, 0.5) is 8.78 Å². The first kappa shape index (κ1) is 13.9. The molecule has 1 saturated heterocycles. The molecule has 0 N–H and O–H groups in total. The van der Waals surface area contributed by atoms with E-state index in [0.717, 1.165) is 4.90 Å². The maximum Gasteiger partial charge on any atom is 0.274 e. The molecule has 17 heavy (non-hydrogen) atoms. The van der Waals surface area contributed by atoms with Crippen molar-refractivity contribution in [2.24, 2.45) is 0 Å². The predicted octanol–water partition coefficient (Wildman–Crippen LogP) is 3.54. The number of hydrogen-bond acceptors (Lipinski definition) is 3. The van der Waals surface area contributed by atoms with Crippen LogP contribution in [-0.4, -0.2) is 23.3 Å². The van der Waals surface area contributed by atoms with Crippen LogP contribution >= 0.6 is 11.9 Å². The molecule has 92 valence electrons. The molecule has 1 aliphatic rings. The summed E-state index contributed by atoms with van der Waals surface area (Å²) in [5.41, 5.74) is 0.548. The summed E-state index contributed by atoms with van der Waals surface area (Å²) in [4.78, 5) is 0.824. The molecule has 0 aromatic heterocycles. The summed E-state index contributed by atoms with van der Waals surface area (Å²) in [7, 11) is 0. The monoisotopic (exact) mass is 256 g/mol. The van der Waals surface area contributed by atoms with Crippen molar-refractivity contribution >= 4 is 11.9 Å². The standard InChI is InChI=1S/C10H8F2N2S.C2H6/c11-10(12)6-14(7-10)15-9-3-1-2-8(4-9)5-13;1-2/h1-4H,6-7H2;1-2H3. The van der Waals surface area contributed by atoms with Gasteiger partial charge in [-0.3, -0.25) is 0 Å². The van der Waals surface area contributed by atoms with Crippen LogP contribution in [0.15, 0.2) is 29.2 Å². The molecule has 0 unspecified atom stereocenters. The van der Waals surface area contributed by atoms with E-state index in [-0.39, 0.29) is 13.1 Å². The summed E-state index contributed by atoms with van der Waals surface area (Å²) >= 11 is 1.26. The average Bonchev–Trinajstić information content (AvgIpc) is 2.30. The van der Waals surface area contributed by atoms with Crippen LogP contribution in [0.1, 0.15) is 19.4 Å². The molecule has 0 saturated carbocycles. The maximum atomic E-state index is 12.5. The van der Waals surface area contributed by atoms with E-state index < -0.39 is 5.92 Å². The minimum atomic E-state index is -2.54. The Balaban J connectivity index is 0.000000686. The van der Waals surface area contributed by atoms with Gasteiger partial charge in [-0.25, -0.2) is 13.1 Å². The molecule has 1 aromatic rings. The van der Waals surface area contributed by atoms with Crippen molar-refractivity contribution < 1.29 is 8.78 Å². The van der Waals surface area contributed by atoms with E-state index in [4.69, 9.17) is 5.26 Å². The van der Waals surface area contributed by atoms with Crippen molar-refractivity contribution in [2.45, 2.75) is 24.7 Å². The van der Waals surface area contributed by atoms with Gasteiger partial charge < -0.3 is 0 Å². The topological polar surface area (TPSA) is 27.0 Å². The zero-order valence-corrected chi connectivity index (χ0v) is 10.6. The van der Waals surface area contributed by atoms with E-state index in [1.165, 1.54) is 11.9 Å². The Morgan fingerprint density at radius 1 is 1.35 bits per heavy atom. The molecule has 1 fully saturated rings. The molecular weight excluding hydrogens is 242 g/mol. The molecule has 0 spiro atoms. The number of nitrogens with zero attached hydrogens (tertiary/aromatic N) is 2. The van der Waals surface area contributed by atoms with Gasteiger partial charge in [0.2, 0.25) is 0 Å². The average molecular weight is 256 g/mol. The van der Waals surface area contributed by atoms with Crippen LogP contribution in [0.2, 0.25) is 0 Å². The Hall–Kier alpha value is -1.12. The van der Waals surface area contributed by atoms with E-state index in [0.29, 0.717) is 5.56 Å². The van der Waals surface area contributed by atoms with Crippen molar-refractivity contribution in [1.29, 1.82) is 5.26 Å². The van der Waals surface area contributed by atoms with Gasteiger partial charge in [0.25, 0.3) is 5.92 Å². The fraction of sp³-hybridized carbons (Fsp3) is 0.417. The first-order valence-electron chi connectivity index (χ1n) is 5.40. The highest BCUT2D eigenvalue weighted by Crippen LogP contribution is 2.35. The SMILES string of the molecule is CC.N#Cc1cccc(SN2CC(F)(F)C2)c1. The molecule has 0 aliphatic carbocycles. The first-order valence-corrected chi connectivity index (χ1v) is 6.17. The quantitative estimate of drug-likeness (QED) is 0.757. The highest BCUT2D eigenvalue weighted by molar-refractivity contribution is 7.97. The molecule has 0 amide bonds. The van der Waals surface area contributed by atoms with Gasteiger partial charge in [-0.1, -0.05) is 19.9 Å². The third-order valence-electron chi connectivity index (χ3n) is 2.01. The van der Waals surface area contributed by atoms with Gasteiger partial charge in [-0.05, 0) is 30.1 Å². The van der Waals surface area contributed by atoms with E-state index >= 15 is 0 Å². The summed E-state index contributed by atoms with van der Waals surface area (Å²) in [6.45, 7) is 3.57. The third-order valence-corrected chi connectivity index (χ3v) is 2.99.